The number of amides is 2. The molecule has 0 aliphatic heterocycles. The van der Waals surface area contributed by atoms with Gasteiger partial charge >= 0.3 is 6.18 Å². The van der Waals surface area contributed by atoms with Crippen LogP contribution in [0.25, 0.3) is 0 Å². The first-order valence-electron chi connectivity index (χ1n) is 8.89. The van der Waals surface area contributed by atoms with Gasteiger partial charge in [0.25, 0.3) is 5.91 Å². The summed E-state index contributed by atoms with van der Waals surface area (Å²) in [5.74, 6) is -0.160. The molecular formula is C20H22F3N3O4. The Hall–Kier alpha value is -3.43. The minimum atomic E-state index is -4.51. The summed E-state index contributed by atoms with van der Waals surface area (Å²) in [6, 6.07) is 11.2. The van der Waals surface area contributed by atoms with Crippen LogP contribution in [0.5, 0.6) is 11.5 Å². The van der Waals surface area contributed by atoms with Crippen LogP contribution in [0.4, 0.5) is 18.9 Å². The first-order chi connectivity index (χ1) is 14.2. The van der Waals surface area contributed by atoms with Gasteiger partial charge in [0.2, 0.25) is 5.91 Å². The van der Waals surface area contributed by atoms with E-state index in [1.807, 2.05) is 5.32 Å². The predicted molar refractivity (Wildman–Crippen MR) is 105 cm³/mol. The van der Waals surface area contributed by atoms with Crippen molar-refractivity contribution in [3.63, 3.8) is 0 Å². The van der Waals surface area contributed by atoms with E-state index in [0.29, 0.717) is 11.5 Å². The van der Waals surface area contributed by atoms with E-state index in [1.54, 1.807) is 24.3 Å². The molecule has 0 fully saturated rings. The van der Waals surface area contributed by atoms with Crippen LogP contribution in [-0.2, 0) is 11.3 Å². The lowest BCUT2D eigenvalue weighted by Gasteiger charge is -2.13. The van der Waals surface area contributed by atoms with Crippen molar-refractivity contribution in [1.29, 1.82) is 0 Å². The van der Waals surface area contributed by atoms with Gasteiger partial charge in [-0.25, -0.2) is 0 Å². The lowest BCUT2D eigenvalue weighted by molar-refractivity contribution is -0.123. The maximum atomic E-state index is 12.3. The fourth-order valence-electron chi connectivity index (χ4n) is 2.54. The normalized spacial score (nSPS) is 10.8. The van der Waals surface area contributed by atoms with E-state index >= 15 is 0 Å². The van der Waals surface area contributed by atoms with Crippen LogP contribution in [0.15, 0.2) is 42.5 Å². The second-order valence-corrected chi connectivity index (χ2v) is 6.16. The Bertz CT molecular complexity index is 888. The Labute approximate surface area is 171 Å². The average Bonchev–Trinajstić information content (AvgIpc) is 2.73. The highest BCUT2D eigenvalue weighted by molar-refractivity contribution is 6.00. The molecule has 2 amide bonds. The van der Waals surface area contributed by atoms with Gasteiger partial charge in [-0.3, -0.25) is 9.59 Å². The molecule has 0 aliphatic rings. The van der Waals surface area contributed by atoms with Gasteiger partial charge < -0.3 is 25.4 Å². The highest BCUT2D eigenvalue weighted by Crippen LogP contribution is 2.27. The smallest absolute Gasteiger partial charge is 0.405 e. The number of hydrogen-bond acceptors (Lipinski definition) is 5. The van der Waals surface area contributed by atoms with Gasteiger partial charge in [0.1, 0.15) is 6.54 Å². The molecule has 30 heavy (non-hydrogen) atoms. The largest absolute Gasteiger partial charge is 0.493 e. The predicted octanol–water partition coefficient (Wildman–Crippen LogP) is 2.72. The SMILES string of the molecule is COc1ccc(CNC(=O)CNc2ccccc2C(=O)NCC(F)(F)F)cc1OC. The number of anilines is 1. The summed E-state index contributed by atoms with van der Waals surface area (Å²) in [6.45, 7) is -1.38. The van der Waals surface area contributed by atoms with Crippen molar-refractivity contribution in [3.05, 3.63) is 53.6 Å². The summed E-state index contributed by atoms with van der Waals surface area (Å²) >= 11 is 0. The van der Waals surface area contributed by atoms with Crippen LogP contribution >= 0.6 is 0 Å². The Morgan fingerprint density at radius 1 is 0.967 bits per heavy atom. The molecular weight excluding hydrogens is 403 g/mol. The number of carbonyl (C=O) groups excluding carboxylic acids is 2. The van der Waals surface area contributed by atoms with Crippen LogP contribution in [0.2, 0.25) is 0 Å². The number of rotatable bonds is 9. The van der Waals surface area contributed by atoms with Crippen LogP contribution in [-0.4, -0.2) is 45.3 Å². The van der Waals surface area contributed by atoms with E-state index in [0.717, 1.165) is 5.56 Å². The minimum Gasteiger partial charge on any atom is -0.493 e. The van der Waals surface area contributed by atoms with Crippen molar-refractivity contribution >= 4 is 17.5 Å². The molecule has 0 aliphatic carbocycles. The minimum absolute atomic E-state index is 0.00874. The van der Waals surface area contributed by atoms with Gasteiger partial charge in [0, 0.05) is 12.2 Å². The second kappa shape index (κ2) is 10.4. The first-order valence-corrected chi connectivity index (χ1v) is 8.89. The highest BCUT2D eigenvalue weighted by Gasteiger charge is 2.28. The molecule has 0 radical (unpaired) electrons. The molecule has 0 aromatic heterocycles. The zero-order valence-corrected chi connectivity index (χ0v) is 16.4. The van der Waals surface area contributed by atoms with Crippen LogP contribution in [0.1, 0.15) is 15.9 Å². The molecule has 0 saturated carbocycles. The van der Waals surface area contributed by atoms with E-state index in [1.165, 1.54) is 32.4 Å². The molecule has 0 bridgehead atoms. The Morgan fingerprint density at radius 3 is 2.33 bits per heavy atom. The summed E-state index contributed by atoms with van der Waals surface area (Å²) in [4.78, 5) is 24.1. The summed E-state index contributed by atoms with van der Waals surface area (Å²) in [6.07, 6.45) is -4.51. The molecule has 7 nitrogen and oxygen atoms in total. The number of carbonyl (C=O) groups is 2. The van der Waals surface area contributed by atoms with Crippen molar-refractivity contribution in [1.82, 2.24) is 10.6 Å². The molecule has 0 saturated heterocycles. The first kappa shape index (κ1) is 22.9. The van der Waals surface area contributed by atoms with Gasteiger partial charge in [-0.2, -0.15) is 13.2 Å². The summed E-state index contributed by atoms with van der Waals surface area (Å²) in [7, 11) is 3.03. The van der Waals surface area contributed by atoms with Crippen LogP contribution < -0.4 is 25.4 Å². The Balaban J connectivity index is 1.91. The summed E-state index contributed by atoms with van der Waals surface area (Å²) in [5.41, 5.74) is 1.04. The molecule has 2 aromatic rings. The topological polar surface area (TPSA) is 88.7 Å². The van der Waals surface area contributed by atoms with Crippen LogP contribution in [0.3, 0.4) is 0 Å². The Morgan fingerprint density at radius 2 is 1.67 bits per heavy atom. The maximum absolute atomic E-state index is 12.3. The third-order valence-electron chi connectivity index (χ3n) is 4.00. The molecule has 2 aromatic carbocycles. The zero-order valence-electron chi connectivity index (χ0n) is 16.4. The third-order valence-corrected chi connectivity index (χ3v) is 4.00. The number of nitrogens with one attached hydrogen (secondary N) is 3. The lowest BCUT2D eigenvalue weighted by atomic mass is 10.1. The number of halogens is 3. The van der Waals surface area contributed by atoms with E-state index in [2.05, 4.69) is 10.6 Å². The fraction of sp³-hybridized carbons (Fsp3) is 0.300. The van der Waals surface area contributed by atoms with E-state index in [-0.39, 0.29) is 30.2 Å². The van der Waals surface area contributed by atoms with E-state index in [9.17, 15) is 22.8 Å². The monoisotopic (exact) mass is 425 g/mol. The zero-order chi connectivity index (χ0) is 22.1. The Kier molecular flexibility index (Phi) is 7.90. The van der Waals surface area contributed by atoms with Gasteiger partial charge in [-0.05, 0) is 29.8 Å². The van der Waals surface area contributed by atoms with Crippen molar-refractivity contribution in [3.8, 4) is 11.5 Å². The molecule has 0 unspecified atom stereocenters. The molecule has 0 atom stereocenters. The van der Waals surface area contributed by atoms with Crippen molar-refractivity contribution in [2.75, 3.05) is 32.6 Å². The van der Waals surface area contributed by atoms with Gasteiger partial charge in [-0.15, -0.1) is 0 Å². The second-order valence-electron chi connectivity index (χ2n) is 6.16. The summed E-state index contributed by atoms with van der Waals surface area (Å²) in [5, 5.41) is 7.28. The maximum Gasteiger partial charge on any atom is 0.405 e. The number of ether oxygens (including phenoxy) is 2. The van der Waals surface area contributed by atoms with Crippen LogP contribution in [0, 0.1) is 0 Å². The molecule has 2 rings (SSSR count). The van der Waals surface area contributed by atoms with Crippen molar-refractivity contribution in [2.45, 2.75) is 12.7 Å². The molecule has 3 N–H and O–H groups in total. The van der Waals surface area contributed by atoms with E-state index in [4.69, 9.17) is 9.47 Å². The molecule has 0 heterocycles. The third kappa shape index (κ3) is 6.87. The number of benzene rings is 2. The number of para-hydroxylation sites is 1. The molecule has 0 spiro atoms. The van der Waals surface area contributed by atoms with Crippen molar-refractivity contribution in [2.24, 2.45) is 0 Å². The summed E-state index contributed by atoms with van der Waals surface area (Å²) < 4.78 is 47.3. The van der Waals surface area contributed by atoms with Gasteiger partial charge in [-0.1, -0.05) is 18.2 Å². The standard InChI is InChI=1S/C20H22F3N3O4/c1-29-16-8-7-13(9-17(16)30-2)10-25-18(27)11-24-15-6-4-3-5-14(15)19(28)26-12-20(21,22)23/h3-9,24H,10-12H2,1-2H3,(H,25,27)(H,26,28). The molecule has 10 heteroatoms. The fourth-order valence-corrected chi connectivity index (χ4v) is 2.54. The average molecular weight is 425 g/mol. The van der Waals surface area contributed by atoms with Gasteiger partial charge in [0.05, 0.1) is 26.3 Å². The lowest BCUT2D eigenvalue weighted by Crippen LogP contribution is -2.34. The number of hydrogen-bond donors (Lipinski definition) is 3. The number of methoxy groups -OCH3 is 2. The quantitative estimate of drug-likeness (QED) is 0.575. The molecule has 162 valence electrons. The highest BCUT2D eigenvalue weighted by atomic mass is 19.4. The van der Waals surface area contributed by atoms with Crippen molar-refractivity contribution < 1.29 is 32.2 Å². The number of alkyl halides is 3. The van der Waals surface area contributed by atoms with E-state index < -0.39 is 18.6 Å². The van der Waals surface area contributed by atoms with Gasteiger partial charge in [0.15, 0.2) is 11.5 Å².